The Morgan fingerprint density at radius 1 is 1.07 bits per heavy atom. The first-order chi connectivity index (χ1) is 13.0. The van der Waals surface area contributed by atoms with Gasteiger partial charge in [0, 0.05) is 17.5 Å². The van der Waals surface area contributed by atoms with E-state index in [2.05, 4.69) is 0 Å². The van der Waals surface area contributed by atoms with Crippen molar-refractivity contribution < 1.29 is 28.9 Å². The van der Waals surface area contributed by atoms with Crippen molar-refractivity contribution in [2.45, 2.75) is 19.8 Å². The third-order valence-corrected chi connectivity index (χ3v) is 4.75. The normalized spacial score (nSPS) is 13.8. The Hall–Kier alpha value is -3.02. The number of carbonyl (C=O) groups excluding carboxylic acids is 2. The van der Waals surface area contributed by atoms with Crippen LogP contribution in [0.15, 0.2) is 30.3 Å². The lowest BCUT2D eigenvalue weighted by molar-refractivity contribution is -0.145. The first kappa shape index (κ1) is 18.8. The first-order valence-corrected chi connectivity index (χ1v) is 8.74. The van der Waals surface area contributed by atoms with Crippen molar-refractivity contribution in [2.75, 3.05) is 20.8 Å². The maximum atomic E-state index is 12.1. The van der Waals surface area contributed by atoms with E-state index in [0.29, 0.717) is 29.7 Å². The van der Waals surface area contributed by atoms with Crippen LogP contribution in [0.25, 0.3) is 11.1 Å². The number of ether oxygens (including phenoxy) is 3. The molecule has 27 heavy (non-hydrogen) atoms. The largest absolute Gasteiger partial charge is 0.504 e. The second-order valence-corrected chi connectivity index (χ2v) is 6.48. The molecule has 3 rings (SSSR count). The Kier molecular flexibility index (Phi) is 5.35. The van der Waals surface area contributed by atoms with Crippen LogP contribution in [-0.2, 0) is 16.0 Å². The Morgan fingerprint density at radius 2 is 1.81 bits per heavy atom. The number of ketones is 1. The molecule has 0 amide bonds. The third-order valence-electron chi connectivity index (χ3n) is 4.75. The molecule has 0 unspecified atom stereocenters. The molecular weight excluding hydrogens is 348 g/mol. The number of hydrogen-bond acceptors (Lipinski definition) is 6. The number of methoxy groups -OCH3 is 2. The van der Waals surface area contributed by atoms with Gasteiger partial charge in [0.05, 0.1) is 20.1 Å². The highest BCUT2D eigenvalue weighted by atomic mass is 16.5. The summed E-state index contributed by atoms with van der Waals surface area (Å²) >= 11 is 0. The molecule has 0 aromatic heterocycles. The minimum Gasteiger partial charge on any atom is -0.504 e. The van der Waals surface area contributed by atoms with Crippen molar-refractivity contribution in [3.05, 3.63) is 41.5 Å². The maximum Gasteiger partial charge on any atom is 0.311 e. The molecule has 0 saturated heterocycles. The summed E-state index contributed by atoms with van der Waals surface area (Å²) in [6, 6.07) is 8.83. The summed E-state index contributed by atoms with van der Waals surface area (Å²) in [5.74, 6) is -0.294. The van der Waals surface area contributed by atoms with Gasteiger partial charge in [-0.1, -0.05) is 18.2 Å². The number of phenols is 1. The summed E-state index contributed by atoms with van der Waals surface area (Å²) in [5.41, 5.74) is 3.24. The highest BCUT2D eigenvalue weighted by Crippen LogP contribution is 2.46. The zero-order valence-corrected chi connectivity index (χ0v) is 15.6. The molecule has 1 aliphatic carbocycles. The van der Waals surface area contributed by atoms with Crippen LogP contribution in [0, 0.1) is 5.92 Å². The minimum absolute atomic E-state index is 0.0629. The molecule has 142 valence electrons. The molecule has 1 N–H and O–H groups in total. The fraction of sp³-hybridized carbons (Fsp3) is 0.333. The number of benzene rings is 2. The van der Waals surface area contributed by atoms with Crippen molar-refractivity contribution in [1.29, 1.82) is 0 Å². The topological polar surface area (TPSA) is 82.1 Å². The van der Waals surface area contributed by atoms with Gasteiger partial charge < -0.3 is 19.3 Å². The van der Waals surface area contributed by atoms with Gasteiger partial charge in [0.25, 0.3) is 0 Å². The molecule has 2 aromatic carbocycles. The summed E-state index contributed by atoms with van der Waals surface area (Å²) in [6.45, 7) is 1.76. The van der Waals surface area contributed by atoms with Crippen LogP contribution in [-0.4, -0.2) is 37.7 Å². The number of aromatic hydroxyl groups is 1. The zero-order valence-electron chi connectivity index (χ0n) is 15.6. The van der Waals surface area contributed by atoms with Crippen LogP contribution >= 0.6 is 0 Å². The number of hydrogen-bond donors (Lipinski definition) is 1. The fourth-order valence-electron chi connectivity index (χ4n) is 3.33. The third kappa shape index (κ3) is 3.47. The molecule has 2 aromatic rings. The smallest absolute Gasteiger partial charge is 0.311 e. The molecule has 0 saturated carbocycles. The molecule has 0 heterocycles. The van der Waals surface area contributed by atoms with Crippen molar-refractivity contribution >= 4 is 11.8 Å². The molecule has 0 spiro atoms. The monoisotopic (exact) mass is 370 g/mol. The predicted molar refractivity (Wildman–Crippen MR) is 99.4 cm³/mol. The molecule has 0 radical (unpaired) electrons. The van der Waals surface area contributed by atoms with Crippen molar-refractivity contribution in [2.24, 2.45) is 5.92 Å². The number of esters is 1. The Bertz CT molecular complexity index is 886. The van der Waals surface area contributed by atoms with E-state index in [1.165, 1.54) is 20.3 Å². The Labute approximate surface area is 157 Å². The van der Waals surface area contributed by atoms with E-state index in [-0.39, 0.29) is 29.9 Å². The van der Waals surface area contributed by atoms with Crippen molar-refractivity contribution in [3.8, 4) is 28.4 Å². The van der Waals surface area contributed by atoms with Crippen LogP contribution in [0.1, 0.15) is 29.3 Å². The van der Waals surface area contributed by atoms with Crippen LogP contribution in [0.5, 0.6) is 17.2 Å². The van der Waals surface area contributed by atoms with E-state index >= 15 is 0 Å². The fourth-order valence-corrected chi connectivity index (χ4v) is 3.33. The lowest BCUT2D eigenvalue weighted by Crippen LogP contribution is -2.20. The second-order valence-electron chi connectivity index (χ2n) is 6.48. The molecule has 6 heteroatoms. The van der Waals surface area contributed by atoms with Crippen molar-refractivity contribution in [1.82, 2.24) is 0 Å². The number of Topliss-reactive ketones (excluding diaryl/α,β-unsaturated/α-hetero) is 1. The van der Waals surface area contributed by atoms with Gasteiger partial charge in [0.2, 0.25) is 5.75 Å². The molecule has 0 bridgehead atoms. The van der Waals surface area contributed by atoms with Gasteiger partial charge in [-0.2, -0.15) is 0 Å². The molecular formula is C21H22O6. The summed E-state index contributed by atoms with van der Waals surface area (Å²) in [7, 11) is 2.76. The summed E-state index contributed by atoms with van der Waals surface area (Å²) in [5, 5.41) is 10.2. The van der Waals surface area contributed by atoms with Gasteiger partial charge in [-0.15, -0.1) is 0 Å². The van der Waals surface area contributed by atoms with Gasteiger partial charge in [-0.25, -0.2) is 0 Å². The number of phenolic OH excluding ortho intramolecular Hbond substituents is 1. The van der Waals surface area contributed by atoms with E-state index in [4.69, 9.17) is 14.2 Å². The van der Waals surface area contributed by atoms with E-state index in [1.807, 2.05) is 18.2 Å². The van der Waals surface area contributed by atoms with Gasteiger partial charge >= 0.3 is 5.97 Å². The molecule has 0 aliphatic heterocycles. The summed E-state index contributed by atoms with van der Waals surface area (Å²) in [4.78, 5) is 23.8. The lowest BCUT2D eigenvalue weighted by atomic mass is 9.95. The highest BCUT2D eigenvalue weighted by Gasteiger charge is 2.26. The van der Waals surface area contributed by atoms with Crippen LogP contribution in [0.4, 0.5) is 0 Å². The van der Waals surface area contributed by atoms with E-state index < -0.39 is 5.92 Å². The van der Waals surface area contributed by atoms with E-state index in [9.17, 15) is 14.7 Å². The quantitative estimate of drug-likeness (QED) is 0.785. The van der Waals surface area contributed by atoms with Gasteiger partial charge in [0.15, 0.2) is 17.3 Å². The van der Waals surface area contributed by atoms with Gasteiger partial charge in [-0.05, 0) is 36.6 Å². The second kappa shape index (κ2) is 7.70. The Morgan fingerprint density at radius 3 is 2.52 bits per heavy atom. The standard InChI is InChI=1S/C21H22O6/c1-12(21(24)26-3)11-27-19-16(8-10-18(23)20(19)25-2)13-5-4-6-15-14(13)7-9-17(15)22/h4-6,8,10,12,23H,7,9,11H2,1-3H3/t12-/m1/s1. The average Bonchev–Trinajstić information content (AvgIpc) is 3.06. The maximum absolute atomic E-state index is 12.1. The minimum atomic E-state index is -0.488. The number of fused-ring (bicyclic) bond motifs is 1. The SMILES string of the molecule is COC(=O)[C@H](C)COc1c(-c2cccc3c2CCC3=O)ccc(O)c1OC. The highest BCUT2D eigenvalue weighted by molar-refractivity contribution is 6.02. The molecule has 1 atom stereocenters. The van der Waals surface area contributed by atoms with E-state index in [1.54, 1.807) is 13.0 Å². The van der Waals surface area contributed by atoms with Crippen LogP contribution in [0.3, 0.4) is 0 Å². The number of rotatable bonds is 6. The Balaban J connectivity index is 2.07. The lowest BCUT2D eigenvalue weighted by Gasteiger charge is -2.19. The van der Waals surface area contributed by atoms with Crippen LogP contribution < -0.4 is 9.47 Å². The molecule has 0 fully saturated rings. The molecule has 6 nitrogen and oxygen atoms in total. The first-order valence-electron chi connectivity index (χ1n) is 8.74. The van der Waals surface area contributed by atoms with Crippen molar-refractivity contribution in [3.63, 3.8) is 0 Å². The predicted octanol–water partition coefficient (Wildman–Crippen LogP) is 3.38. The number of carbonyl (C=O) groups is 2. The van der Waals surface area contributed by atoms with Crippen LogP contribution in [0.2, 0.25) is 0 Å². The molecule has 1 aliphatic rings. The average molecular weight is 370 g/mol. The summed E-state index contributed by atoms with van der Waals surface area (Å²) in [6.07, 6.45) is 1.14. The zero-order chi connectivity index (χ0) is 19.6. The van der Waals surface area contributed by atoms with Gasteiger partial charge in [-0.3, -0.25) is 9.59 Å². The van der Waals surface area contributed by atoms with E-state index in [0.717, 1.165) is 11.1 Å². The summed E-state index contributed by atoms with van der Waals surface area (Å²) < 4.78 is 16.0. The van der Waals surface area contributed by atoms with Gasteiger partial charge in [0.1, 0.15) is 6.61 Å².